The summed E-state index contributed by atoms with van der Waals surface area (Å²) < 4.78 is 0. The van der Waals surface area contributed by atoms with Crippen LogP contribution >= 0.6 is 0 Å². The number of hydrogen-bond acceptors (Lipinski definition) is 1. The number of carbonyl (C=O) groups is 1. The highest BCUT2D eigenvalue weighted by Crippen LogP contribution is 2.47. The van der Waals surface area contributed by atoms with E-state index in [2.05, 4.69) is 56.4 Å². The molecule has 0 spiro atoms. The number of carbonyl (C=O) groups excluding carboxylic acids is 1. The van der Waals surface area contributed by atoms with Crippen molar-refractivity contribution >= 4 is 5.91 Å². The van der Waals surface area contributed by atoms with Gasteiger partial charge in [0.25, 0.3) is 0 Å². The Morgan fingerprint density at radius 3 is 2.59 bits per heavy atom. The topological polar surface area (TPSA) is 29.1 Å². The first-order valence-corrected chi connectivity index (χ1v) is 7.98. The standard InChI is InChI=1S/C20H23NO/c1-13-9-10-14(2)17(11-13)15(3)21-20(22)19-12-18(19)16-7-5-4-6-8-16/h4-11,15,18-19H,12H2,1-3H3,(H,21,22)/t15-,18-,19+/m0/s1. The largest absolute Gasteiger partial charge is 0.349 e. The van der Waals surface area contributed by atoms with Gasteiger partial charge in [-0.05, 0) is 49.8 Å². The average molecular weight is 293 g/mol. The number of aryl methyl sites for hydroxylation is 2. The molecule has 1 aliphatic rings. The number of benzene rings is 2. The first-order valence-electron chi connectivity index (χ1n) is 7.98. The zero-order chi connectivity index (χ0) is 15.7. The molecule has 2 heteroatoms. The molecule has 0 bridgehead atoms. The van der Waals surface area contributed by atoms with Gasteiger partial charge in [0.05, 0.1) is 6.04 Å². The summed E-state index contributed by atoms with van der Waals surface area (Å²) in [6.45, 7) is 6.25. The lowest BCUT2D eigenvalue weighted by Crippen LogP contribution is -2.28. The van der Waals surface area contributed by atoms with Crippen LogP contribution in [0, 0.1) is 19.8 Å². The summed E-state index contributed by atoms with van der Waals surface area (Å²) in [7, 11) is 0. The SMILES string of the molecule is Cc1ccc(C)c([C@H](C)NC(=O)[C@@H]2C[C@H]2c2ccccc2)c1. The van der Waals surface area contributed by atoms with Gasteiger partial charge in [-0.15, -0.1) is 0 Å². The summed E-state index contributed by atoms with van der Waals surface area (Å²) >= 11 is 0. The van der Waals surface area contributed by atoms with Gasteiger partial charge in [-0.1, -0.05) is 54.1 Å². The van der Waals surface area contributed by atoms with Crippen molar-refractivity contribution in [1.29, 1.82) is 0 Å². The highest BCUT2D eigenvalue weighted by atomic mass is 16.2. The fourth-order valence-corrected chi connectivity index (χ4v) is 3.18. The Hall–Kier alpha value is -2.09. The maximum absolute atomic E-state index is 12.5. The van der Waals surface area contributed by atoms with Crippen LogP contribution in [0.5, 0.6) is 0 Å². The van der Waals surface area contributed by atoms with E-state index >= 15 is 0 Å². The van der Waals surface area contributed by atoms with Crippen molar-refractivity contribution in [1.82, 2.24) is 5.32 Å². The summed E-state index contributed by atoms with van der Waals surface area (Å²) in [5.41, 5.74) is 4.95. The molecule has 0 saturated heterocycles. The van der Waals surface area contributed by atoms with Crippen molar-refractivity contribution in [2.24, 2.45) is 5.92 Å². The Morgan fingerprint density at radius 2 is 1.86 bits per heavy atom. The Morgan fingerprint density at radius 1 is 1.14 bits per heavy atom. The normalized spacial score (nSPS) is 21.2. The van der Waals surface area contributed by atoms with E-state index in [-0.39, 0.29) is 17.9 Å². The van der Waals surface area contributed by atoms with Gasteiger partial charge in [-0.25, -0.2) is 0 Å². The van der Waals surface area contributed by atoms with Crippen molar-refractivity contribution in [3.05, 3.63) is 70.8 Å². The second kappa shape index (κ2) is 5.96. The first kappa shape index (κ1) is 14.8. The third kappa shape index (κ3) is 3.06. The molecule has 2 aromatic carbocycles. The van der Waals surface area contributed by atoms with E-state index in [1.54, 1.807) is 0 Å². The van der Waals surface area contributed by atoms with Gasteiger partial charge in [-0.2, -0.15) is 0 Å². The number of amides is 1. The third-order valence-electron chi connectivity index (χ3n) is 4.61. The summed E-state index contributed by atoms with van der Waals surface area (Å²) in [5, 5.41) is 3.19. The van der Waals surface area contributed by atoms with Crippen LogP contribution in [0.3, 0.4) is 0 Å². The third-order valence-corrected chi connectivity index (χ3v) is 4.61. The van der Waals surface area contributed by atoms with Crippen molar-refractivity contribution in [2.45, 2.75) is 39.2 Å². The minimum Gasteiger partial charge on any atom is -0.349 e. The minimum atomic E-state index is 0.0597. The van der Waals surface area contributed by atoms with Gasteiger partial charge in [0, 0.05) is 5.92 Å². The lowest BCUT2D eigenvalue weighted by Gasteiger charge is -2.17. The molecule has 2 aromatic rings. The molecule has 1 aliphatic carbocycles. The highest BCUT2D eigenvalue weighted by molar-refractivity contribution is 5.83. The zero-order valence-electron chi connectivity index (χ0n) is 13.5. The van der Waals surface area contributed by atoms with E-state index in [1.807, 2.05) is 18.2 Å². The van der Waals surface area contributed by atoms with Gasteiger partial charge < -0.3 is 5.32 Å². The Kier molecular flexibility index (Phi) is 4.02. The van der Waals surface area contributed by atoms with E-state index in [1.165, 1.54) is 22.3 Å². The van der Waals surface area contributed by atoms with Gasteiger partial charge in [-0.3, -0.25) is 4.79 Å². The molecular weight excluding hydrogens is 270 g/mol. The molecule has 0 aromatic heterocycles. The van der Waals surface area contributed by atoms with Crippen LogP contribution in [0.1, 0.15) is 47.6 Å². The lowest BCUT2D eigenvalue weighted by atomic mass is 10.00. The van der Waals surface area contributed by atoms with Gasteiger partial charge in [0.2, 0.25) is 5.91 Å². The molecule has 1 saturated carbocycles. The van der Waals surface area contributed by atoms with E-state index in [9.17, 15) is 4.79 Å². The Labute approximate surface area is 132 Å². The van der Waals surface area contributed by atoms with Crippen molar-refractivity contribution in [3.63, 3.8) is 0 Å². The number of hydrogen-bond donors (Lipinski definition) is 1. The molecule has 0 radical (unpaired) electrons. The maximum atomic E-state index is 12.5. The predicted molar refractivity (Wildman–Crippen MR) is 89.8 cm³/mol. The fraction of sp³-hybridized carbons (Fsp3) is 0.350. The van der Waals surface area contributed by atoms with Crippen LogP contribution in [0.4, 0.5) is 0 Å². The molecule has 0 heterocycles. The fourth-order valence-electron chi connectivity index (χ4n) is 3.18. The highest BCUT2D eigenvalue weighted by Gasteiger charge is 2.44. The molecular formula is C20H23NO. The van der Waals surface area contributed by atoms with Crippen molar-refractivity contribution < 1.29 is 4.79 Å². The van der Waals surface area contributed by atoms with Crippen LogP contribution in [0.25, 0.3) is 0 Å². The second-order valence-electron chi connectivity index (χ2n) is 6.45. The van der Waals surface area contributed by atoms with E-state index < -0.39 is 0 Å². The monoisotopic (exact) mass is 293 g/mol. The van der Waals surface area contributed by atoms with Crippen molar-refractivity contribution in [2.75, 3.05) is 0 Å². The second-order valence-corrected chi connectivity index (χ2v) is 6.45. The molecule has 3 rings (SSSR count). The average Bonchev–Trinajstić information content (AvgIpc) is 3.31. The van der Waals surface area contributed by atoms with Crippen LogP contribution in [-0.2, 0) is 4.79 Å². The summed E-state index contributed by atoms with van der Waals surface area (Å²) in [6, 6.07) is 16.8. The van der Waals surface area contributed by atoms with Crippen LogP contribution in [0.2, 0.25) is 0 Å². The molecule has 22 heavy (non-hydrogen) atoms. The lowest BCUT2D eigenvalue weighted by molar-refractivity contribution is -0.123. The summed E-state index contributed by atoms with van der Waals surface area (Å²) in [5.74, 6) is 0.712. The van der Waals surface area contributed by atoms with E-state index in [0.29, 0.717) is 5.92 Å². The predicted octanol–water partition coefficient (Wildman–Crippen LogP) is 4.28. The summed E-state index contributed by atoms with van der Waals surface area (Å²) in [6.07, 6.45) is 0.968. The maximum Gasteiger partial charge on any atom is 0.224 e. The minimum absolute atomic E-state index is 0.0597. The van der Waals surface area contributed by atoms with Crippen molar-refractivity contribution in [3.8, 4) is 0 Å². The van der Waals surface area contributed by atoms with E-state index in [4.69, 9.17) is 0 Å². The molecule has 0 aliphatic heterocycles. The first-order chi connectivity index (χ1) is 10.6. The number of nitrogens with one attached hydrogen (secondary N) is 1. The van der Waals surface area contributed by atoms with Gasteiger partial charge in [0.1, 0.15) is 0 Å². The smallest absolute Gasteiger partial charge is 0.224 e. The van der Waals surface area contributed by atoms with E-state index in [0.717, 1.165) is 6.42 Å². The molecule has 1 N–H and O–H groups in total. The van der Waals surface area contributed by atoms with Crippen LogP contribution in [-0.4, -0.2) is 5.91 Å². The molecule has 1 fully saturated rings. The molecule has 0 unspecified atom stereocenters. The quantitative estimate of drug-likeness (QED) is 0.895. The molecule has 2 nitrogen and oxygen atoms in total. The van der Waals surface area contributed by atoms with Gasteiger partial charge >= 0.3 is 0 Å². The van der Waals surface area contributed by atoms with Crippen LogP contribution in [0.15, 0.2) is 48.5 Å². The Bertz CT molecular complexity index is 677. The molecule has 1 amide bonds. The van der Waals surface area contributed by atoms with Crippen LogP contribution < -0.4 is 5.32 Å². The Balaban J connectivity index is 1.64. The molecule has 3 atom stereocenters. The number of rotatable bonds is 4. The molecule has 114 valence electrons. The van der Waals surface area contributed by atoms with Gasteiger partial charge in [0.15, 0.2) is 0 Å². The summed E-state index contributed by atoms with van der Waals surface area (Å²) in [4.78, 5) is 12.5. The zero-order valence-corrected chi connectivity index (χ0v) is 13.5.